The highest BCUT2D eigenvalue weighted by molar-refractivity contribution is 9.10. The van der Waals surface area contributed by atoms with E-state index in [-0.39, 0.29) is 0 Å². The topological polar surface area (TPSA) is 52.3 Å². The van der Waals surface area contributed by atoms with Crippen LogP contribution in [0.25, 0.3) is 0 Å². The molecule has 0 radical (unpaired) electrons. The number of ether oxygens (including phenoxy) is 1. The zero-order chi connectivity index (χ0) is 8.27. The minimum absolute atomic E-state index is 0.431. The number of carbonyl (C=O) groups is 1. The number of nitrogens with two attached hydrogens (primary N) is 1. The van der Waals surface area contributed by atoms with Crippen LogP contribution < -0.4 is 10.5 Å². The van der Waals surface area contributed by atoms with Gasteiger partial charge in [0, 0.05) is 0 Å². The predicted octanol–water partition coefficient (Wildman–Crippen LogP) is 1.91. The zero-order valence-corrected chi connectivity index (χ0v) is 7.17. The lowest BCUT2D eigenvalue weighted by atomic mass is 10.3. The maximum Gasteiger partial charge on any atom is 0.410 e. The van der Waals surface area contributed by atoms with Crippen LogP contribution in [-0.4, -0.2) is 6.09 Å². The molecule has 0 saturated heterocycles. The first-order valence-corrected chi connectivity index (χ1v) is 3.71. The molecule has 3 nitrogen and oxygen atoms in total. The van der Waals surface area contributed by atoms with Crippen LogP contribution in [0.15, 0.2) is 28.7 Å². The van der Waals surface area contributed by atoms with Crippen molar-refractivity contribution in [2.75, 3.05) is 0 Å². The SMILES string of the molecule is NC(=O)Oc1ccccc1Br. The average molecular weight is 216 g/mol. The maximum absolute atomic E-state index is 10.3. The smallest absolute Gasteiger partial charge is 0.409 e. The van der Waals surface area contributed by atoms with Crippen LogP contribution in [-0.2, 0) is 0 Å². The fraction of sp³-hybridized carbons (Fsp3) is 0. The summed E-state index contributed by atoms with van der Waals surface area (Å²) in [6.07, 6.45) is -0.808. The largest absolute Gasteiger partial charge is 0.410 e. The van der Waals surface area contributed by atoms with E-state index in [1.54, 1.807) is 18.2 Å². The Morgan fingerprint density at radius 1 is 1.45 bits per heavy atom. The van der Waals surface area contributed by atoms with Crippen LogP contribution >= 0.6 is 15.9 Å². The number of para-hydroxylation sites is 1. The molecule has 0 unspecified atom stereocenters. The van der Waals surface area contributed by atoms with Crippen LogP contribution in [0, 0.1) is 0 Å². The van der Waals surface area contributed by atoms with E-state index in [2.05, 4.69) is 20.7 Å². The monoisotopic (exact) mass is 215 g/mol. The first-order chi connectivity index (χ1) is 5.20. The molecule has 1 aromatic rings. The Kier molecular flexibility index (Phi) is 2.48. The summed E-state index contributed by atoms with van der Waals surface area (Å²) in [5.41, 5.74) is 4.81. The van der Waals surface area contributed by atoms with Gasteiger partial charge < -0.3 is 10.5 Å². The van der Waals surface area contributed by atoms with Crippen molar-refractivity contribution in [1.29, 1.82) is 0 Å². The minimum Gasteiger partial charge on any atom is -0.409 e. The van der Waals surface area contributed by atoms with Crippen LogP contribution in [0.4, 0.5) is 4.79 Å². The quantitative estimate of drug-likeness (QED) is 0.779. The van der Waals surface area contributed by atoms with E-state index >= 15 is 0 Å². The molecule has 0 spiro atoms. The molecule has 1 amide bonds. The van der Waals surface area contributed by atoms with Gasteiger partial charge in [-0.25, -0.2) is 4.79 Å². The first-order valence-electron chi connectivity index (χ1n) is 2.92. The van der Waals surface area contributed by atoms with Crippen LogP contribution in [0.5, 0.6) is 5.75 Å². The van der Waals surface area contributed by atoms with Gasteiger partial charge in [0.25, 0.3) is 0 Å². The van der Waals surface area contributed by atoms with E-state index in [0.717, 1.165) is 0 Å². The van der Waals surface area contributed by atoms with Crippen LogP contribution in [0.1, 0.15) is 0 Å². The third kappa shape index (κ3) is 2.23. The van der Waals surface area contributed by atoms with Crippen molar-refractivity contribution in [3.8, 4) is 5.75 Å². The Labute approximate surface area is 72.3 Å². The van der Waals surface area contributed by atoms with E-state index in [1.165, 1.54) is 0 Å². The summed E-state index contributed by atoms with van der Waals surface area (Å²) in [6, 6.07) is 6.98. The van der Waals surface area contributed by atoms with Crippen molar-refractivity contribution in [1.82, 2.24) is 0 Å². The third-order valence-corrected chi connectivity index (χ3v) is 1.70. The molecule has 4 heteroatoms. The van der Waals surface area contributed by atoms with Crippen molar-refractivity contribution < 1.29 is 9.53 Å². The molecule has 0 aliphatic carbocycles. The summed E-state index contributed by atoms with van der Waals surface area (Å²) < 4.78 is 5.34. The number of amides is 1. The lowest BCUT2D eigenvalue weighted by Gasteiger charge is -2.01. The molecule has 0 aliphatic rings. The fourth-order valence-electron chi connectivity index (χ4n) is 0.636. The molecule has 1 aromatic carbocycles. The normalized spacial score (nSPS) is 9.18. The molecule has 11 heavy (non-hydrogen) atoms. The van der Waals surface area contributed by atoms with Gasteiger partial charge in [0.1, 0.15) is 5.75 Å². The molecule has 1 rings (SSSR count). The second-order valence-corrected chi connectivity index (χ2v) is 2.71. The van der Waals surface area contributed by atoms with Gasteiger partial charge in [-0.05, 0) is 28.1 Å². The van der Waals surface area contributed by atoms with E-state index in [1.807, 2.05) is 6.07 Å². The van der Waals surface area contributed by atoms with Gasteiger partial charge in [0.05, 0.1) is 4.47 Å². The van der Waals surface area contributed by atoms with Crippen molar-refractivity contribution in [3.63, 3.8) is 0 Å². The molecule has 0 fully saturated rings. The zero-order valence-electron chi connectivity index (χ0n) is 5.58. The number of carbonyl (C=O) groups excluding carboxylic acids is 1. The predicted molar refractivity (Wildman–Crippen MR) is 44.4 cm³/mol. The summed E-state index contributed by atoms with van der Waals surface area (Å²) in [5.74, 6) is 0.431. The second kappa shape index (κ2) is 3.39. The lowest BCUT2D eigenvalue weighted by Crippen LogP contribution is -2.16. The van der Waals surface area contributed by atoms with Crippen molar-refractivity contribution >= 4 is 22.0 Å². The molecule has 0 saturated carbocycles. The number of benzene rings is 1. The number of hydrogen-bond acceptors (Lipinski definition) is 2. The Morgan fingerprint density at radius 3 is 2.64 bits per heavy atom. The first kappa shape index (κ1) is 8.07. The van der Waals surface area contributed by atoms with Crippen molar-refractivity contribution in [3.05, 3.63) is 28.7 Å². The van der Waals surface area contributed by atoms with Gasteiger partial charge in [0.2, 0.25) is 0 Å². The number of rotatable bonds is 1. The summed E-state index contributed by atoms with van der Waals surface area (Å²) in [7, 11) is 0. The molecule has 0 atom stereocenters. The molecular weight excluding hydrogens is 210 g/mol. The lowest BCUT2D eigenvalue weighted by molar-refractivity contribution is 0.210. The van der Waals surface area contributed by atoms with Crippen molar-refractivity contribution in [2.45, 2.75) is 0 Å². The van der Waals surface area contributed by atoms with Crippen LogP contribution in [0.2, 0.25) is 0 Å². The Hall–Kier alpha value is -1.03. The Bertz CT molecular complexity index is 275. The molecule has 58 valence electrons. The highest BCUT2D eigenvalue weighted by atomic mass is 79.9. The van der Waals surface area contributed by atoms with E-state index in [0.29, 0.717) is 10.2 Å². The van der Waals surface area contributed by atoms with E-state index in [4.69, 9.17) is 5.73 Å². The third-order valence-electron chi connectivity index (χ3n) is 1.05. The summed E-state index contributed by atoms with van der Waals surface area (Å²) in [5, 5.41) is 0. The molecular formula is C7H6BrNO2. The van der Waals surface area contributed by atoms with Gasteiger partial charge in [0.15, 0.2) is 0 Å². The molecule has 0 heterocycles. The van der Waals surface area contributed by atoms with Gasteiger partial charge in [-0.15, -0.1) is 0 Å². The second-order valence-electron chi connectivity index (χ2n) is 1.85. The number of hydrogen-bond donors (Lipinski definition) is 1. The Balaban J connectivity index is 2.86. The Morgan fingerprint density at radius 2 is 2.09 bits per heavy atom. The maximum atomic E-state index is 10.3. The van der Waals surface area contributed by atoms with Gasteiger partial charge >= 0.3 is 6.09 Å². The summed E-state index contributed by atoms with van der Waals surface area (Å²) in [6.45, 7) is 0. The van der Waals surface area contributed by atoms with E-state index < -0.39 is 6.09 Å². The molecule has 0 aliphatic heterocycles. The number of primary amides is 1. The van der Waals surface area contributed by atoms with Crippen molar-refractivity contribution in [2.24, 2.45) is 5.73 Å². The number of halogens is 1. The standard InChI is InChI=1S/C7H6BrNO2/c8-5-3-1-2-4-6(5)11-7(9)10/h1-4H,(H2,9,10). The highest BCUT2D eigenvalue weighted by Gasteiger charge is 2.01. The van der Waals surface area contributed by atoms with Gasteiger partial charge in [-0.2, -0.15) is 0 Å². The average Bonchev–Trinajstić information content (AvgIpc) is 1.93. The highest BCUT2D eigenvalue weighted by Crippen LogP contribution is 2.23. The fourth-order valence-corrected chi connectivity index (χ4v) is 1.00. The summed E-state index contributed by atoms with van der Waals surface area (Å²) in [4.78, 5) is 10.3. The molecule has 2 N–H and O–H groups in total. The van der Waals surface area contributed by atoms with Gasteiger partial charge in [-0.3, -0.25) is 0 Å². The molecule has 0 aromatic heterocycles. The molecule has 0 bridgehead atoms. The van der Waals surface area contributed by atoms with E-state index in [9.17, 15) is 4.79 Å². The van der Waals surface area contributed by atoms with Crippen LogP contribution in [0.3, 0.4) is 0 Å². The minimum atomic E-state index is -0.808. The summed E-state index contributed by atoms with van der Waals surface area (Å²) >= 11 is 3.19. The van der Waals surface area contributed by atoms with Gasteiger partial charge in [-0.1, -0.05) is 12.1 Å².